The third-order valence-corrected chi connectivity index (χ3v) is 2.38. The van der Waals surface area contributed by atoms with Gasteiger partial charge in [-0.1, -0.05) is 0 Å². The number of nitrogens with two attached hydrogens (primary N) is 1. The van der Waals surface area contributed by atoms with Gasteiger partial charge in [0.05, 0.1) is 19.2 Å². The molecular formula is C11H18N4O2. The number of nitrogens with zero attached hydrogens (tertiary/aromatic N) is 3. The van der Waals surface area contributed by atoms with Crippen molar-refractivity contribution < 1.29 is 9.59 Å². The monoisotopic (exact) mass is 238 g/mol. The molecule has 0 saturated heterocycles. The molecule has 2 amide bonds. The van der Waals surface area contributed by atoms with E-state index in [1.165, 1.54) is 4.90 Å². The number of carbonyl (C=O) groups is 2. The highest BCUT2D eigenvalue weighted by atomic mass is 16.2. The number of hydrogen-bond acceptors (Lipinski definition) is 3. The normalized spacial score (nSPS) is 10.6. The average Bonchev–Trinajstić information content (AvgIpc) is 2.59. The molecule has 1 aromatic rings. The second-order valence-corrected chi connectivity index (χ2v) is 4.28. The molecule has 0 unspecified atom stereocenters. The average molecular weight is 238 g/mol. The molecule has 2 N–H and O–H groups in total. The lowest BCUT2D eigenvalue weighted by Crippen LogP contribution is -2.43. The standard InChI is InChI=1S/C11H18N4O2/c1-8(2)15(7-10(12)16)11(17)4-9-5-13-14(3)6-9/h5-6,8H,4,7H2,1-3H3,(H2,12,16). The molecule has 0 aliphatic rings. The summed E-state index contributed by atoms with van der Waals surface area (Å²) in [5.41, 5.74) is 5.94. The predicted molar refractivity (Wildman–Crippen MR) is 63.0 cm³/mol. The quantitative estimate of drug-likeness (QED) is 0.763. The van der Waals surface area contributed by atoms with Gasteiger partial charge in [0.15, 0.2) is 0 Å². The van der Waals surface area contributed by atoms with E-state index in [1.807, 2.05) is 13.8 Å². The minimum atomic E-state index is -0.502. The number of carbonyl (C=O) groups excluding carboxylic acids is 2. The molecule has 1 heterocycles. The Hall–Kier alpha value is -1.85. The van der Waals surface area contributed by atoms with Crippen LogP contribution in [0.5, 0.6) is 0 Å². The second-order valence-electron chi connectivity index (χ2n) is 4.28. The van der Waals surface area contributed by atoms with E-state index < -0.39 is 5.91 Å². The fourth-order valence-corrected chi connectivity index (χ4v) is 1.57. The Labute approximate surface area is 100 Å². The summed E-state index contributed by atoms with van der Waals surface area (Å²) in [6.07, 6.45) is 3.65. The second kappa shape index (κ2) is 5.47. The van der Waals surface area contributed by atoms with Gasteiger partial charge in [-0.05, 0) is 19.4 Å². The summed E-state index contributed by atoms with van der Waals surface area (Å²) in [7, 11) is 1.79. The first-order valence-corrected chi connectivity index (χ1v) is 5.45. The Morgan fingerprint density at radius 1 is 1.53 bits per heavy atom. The summed E-state index contributed by atoms with van der Waals surface area (Å²) in [6.45, 7) is 3.66. The Morgan fingerprint density at radius 3 is 2.59 bits per heavy atom. The van der Waals surface area contributed by atoms with Crippen LogP contribution < -0.4 is 5.73 Å². The van der Waals surface area contributed by atoms with Crippen LogP contribution in [-0.4, -0.2) is 39.1 Å². The van der Waals surface area contributed by atoms with Gasteiger partial charge in [-0.15, -0.1) is 0 Å². The summed E-state index contributed by atoms with van der Waals surface area (Å²) in [4.78, 5) is 24.3. The molecule has 6 heteroatoms. The third kappa shape index (κ3) is 3.90. The number of amides is 2. The number of rotatable bonds is 5. The molecule has 1 rings (SSSR count). The number of primary amides is 1. The van der Waals surface area contributed by atoms with E-state index in [-0.39, 0.29) is 24.9 Å². The fourth-order valence-electron chi connectivity index (χ4n) is 1.57. The van der Waals surface area contributed by atoms with E-state index in [1.54, 1.807) is 24.1 Å². The van der Waals surface area contributed by atoms with Crippen molar-refractivity contribution in [2.24, 2.45) is 12.8 Å². The molecule has 6 nitrogen and oxygen atoms in total. The lowest BCUT2D eigenvalue weighted by Gasteiger charge is -2.25. The lowest BCUT2D eigenvalue weighted by molar-refractivity contribution is -0.136. The van der Waals surface area contributed by atoms with Crippen LogP contribution in [0.25, 0.3) is 0 Å². The fraction of sp³-hybridized carbons (Fsp3) is 0.545. The summed E-state index contributed by atoms with van der Waals surface area (Å²) < 4.78 is 1.64. The van der Waals surface area contributed by atoms with Gasteiger partial charge in [-0.3, -0.25) is 14.3 Å². The van der Waals surface area contributed by atoms with Gasteiger partial charge in [-0.25, -0.2) is 0 Å². The highest BCUT2D eigenvalue weighted by Crippen LogP contribution is 2.05. The SMILES string of the molecule is CC(C)N(CC(N)=O)C(=O)Cc1cnn(C)c1. The Balaban J connectivity index is 2.68. The van der Waals surface area contributed by atoms with Crippen LogP contribution >= 0.6 is 0 Å². The first-order valence-electron chi connectivity index (χ1n) is 5.45. The first-order chi connectivity index (χ1) is 7.90. The van der Waals surface area contributed by atoms with Crippen LogP contribution in [0.15, 0.2) is 12.4 Å². The minimum Gasteiger partial charge on any atom is -0.368 e. The van der Waals surface area contributed by atoms with Gasteiger partial charge in [0.2, 0.25) is 11.8 Å². The van der Waals surface area contributed by atoms with Gasteiger partial charge in [0.25, 0.3) is 0 Å². The molecule has 0 fully saturated rings. The molecule has 0 radical (unpaired) electrons. The largest absolute Gasteiger partial charge is 0.368 e. The van der Waals surface area contributed by atoms with Crippen molar-refractivity contribution >= 4 is 11.8 Å². The third-order valence-electron chi connectivity index (χ3n) is 2.38. The first kappa shape index (κ1) is 13.2. The van der Waals surface area contributed by atoms with E-state index >= 15 is 0 Å². The van der Waals surface area contributed by atoms with E-state index in [4.69, 9.17) is 5.73 Å². The summed E-state index contributed by atoms with van der Waals surface area (Å²) in [6, 6.07) is -0.0494. The van der Waals surface area contributed by atoms with Crippen molar-refractivity contribution in [3.63, 3.8) is 0 Å². The zero-order valence-corrected chi connectivity index (χ0v) is 10.4. The Kier molecular flexibility index (Phi) is 4.25. The lowest BCUT2D eigenvalue weighted by atomic mass is 10.2. The summed E-state index contributed by atoms with van der Waals surface area (Å²) >= 11 is 0. The molecule has 0 bridgehead atoms. The van der Waals surface area contributed by atoms with Gasteiger partial charge < -0.3 is 10.6 Å². The molecule has 0 atom stereocenters. The molecule has 0 aromatic carbocycles. The van der Waals surface area contributed by atoms with Crippen LogP contribution in [0.2, 0.25) is 0 Å². The molecular weight excluding hydrogens is 220 g/mol. The van der Waals surface area contributed by atoms with E-state index in [0.717, 1.165) is 5.56 Å². The van der Waals surface area contributed by atoms with Crippen molar-refractivity contribution in [1.82, 2.24) is 14.7 Å². The maximum atomic E-state index is 12.0. The molecule has 0 saturated carbocycles. The molecule has 0 aliphatic heterocycles. The Bertz CT molecular complexity index is 411. The number of aromatic nitrogens is 2. The minimum absolute atomic E-state index is 0.0449. The van der Waals surface area contributed by atoms with E-state index in [2.05, 4.69) is 5.10 Å². The van der Waals surface area contributed by atoms with Crippen molar-refractivity contribution in [3.8, 4) is 0 Å². The van der Waals surface area contributed by atoms with Crippen LogP contribution in [0, 0.1) is 0 Å². The molecule has 0 aliphatic carbocycles. The molecule has 17 heavy (non-hydrogen) atoms. The van der Waals surface area contributed by atoms with Crippen molar-refractivity contribution in [1.29, 1.82) is 0 Å². The highest BCUT2D eigenvalue weighted by molar-refractivity contribution is 5.85. The van der Waals surface area contributed by atoms with Crippen LogP contribution in [0.1, 0.15) is 19.4 Å². The van der Waals surface area contributed by atoms with Crippen molar-refractivity contribution in [2.45, 2.75) is 26.3 Å². The zero-order valence-electron chi connectivity index (χ0n) is 10.4. The molecule has 0 spiro atoms. The number of hydrogen-bond donors (Lipinski definition) is 1. The summed E-state index contributed by atoms with van der Waals surface area (Å²) in [5, 5.41) is 3.99. The van der Waals surface area contributed by atoms with Crippen LogP contribution in [0.3, 0.4) is 0 Å². The number of aryl methyl sites for hydroxylation is 1. The van der Waals surface area contributed by atoms with Crippen molar-refractivity contribution in [2.75, 3.05) is 6.54 Å². The van der Waals surface area contributed by atoms with Crippen LogP contribution in [-0.2, 0) is 23.1 Å². The van der Waals surface area contributed by atoms with Gasteiger partial charge >= 0.3 is 0 Å². The van der Waals surface area contributed by atoms with Crippen LogP contribution in [0.4, 0.5) is 0 Å². The highest BCUT2D eigenvalue weighted by Gasteiger charge is 2.19. The molecule has 1 aromatic heterocycles. The van der Waals surface area contributed by atoms with Gasteiger partial charge in [-0.2, -0.15) is 5.10 Å². The van der Waals surface area contributed by atoms with Gasteiger partial charge in [0.1, 0.15) is 0 Å². The van der Waals surface area contributed by atoms with Gasteiger partial charge in [0, 0.05) is 19.3 Å². The zero-order chi connectivity index (χ0) is 13.0. The maximum Gasteiger partial charge on any atom is 0.237 e. The van der Waals surface area contributed by atoms with Crippen molar-refractivity contribution in [3.05, 3.63) is 18.0 Å². The maximum absolute atomic E-state index is 12.0. The topological polar surface area (TPSA) is 81.2 Å². The van der Waals surface area contributed by atoms with E-state index in [9.17, 15) is 9.59 Å². The Morgan fingerprint density at radius 2 is 2.18 bits per heavy atom. The smallest absolute Gasteiger partial charge is 0.237 e. The predicted octanol–water partition coefficient (Wildman–Crippen LogP) is -0.315. The summed E-state index contributed by atoms with van der Waals surface area (Å²) in [5.74, 6) is -0.620. The molecule has 94 valence electrons. The van der Waals surface area contributed by atoms with E-state index in [0.29, 0.717) is 0 Å².